The number of pyridine rings is 7. The molecule has 0 spiro atoms. The molecule has 0 aliphatic carbocycles. The fourth-order valence-corrected chi connectivity index (χ4v) is 10.4. The molecule has 0 saturated carbocycles. The Balaban J connectivity index is -0.000000162. The molecular weight excluding hydrogens is 2190 g/mol. The average molecular weight is 2320 g/mol. The van der Waals surface area contributed by atoms with Crippen LogP contribution in [-0.4, -0.2) is 200 Å². The van der Waals surface area contributed by atoms with Crippen LogP contribution in [0.4, 0.5) is 0 Å². The molecule has 115 heavy (non-hydrogen) atoms. The van der Waals surface area contributed by atoms with Gasteiger partial charge in [0.05, 0.1) is 60.2 Å². The first-order valence-corrected chi connectivity index (χ1v) is 45.9. The number of ketones is 1. The van der Waals surface area contributed by atoms with Crippen LogP contribution in [0.1, 0.15) is 197 Å². The monoisotopic (exact) mass is 2310 g/mol. The summed E-state index contributed by atoms with van der Waals surface area (Å²) in [6.07, 6.45) is 20.2. The van der Waals surface area contributed by atoms with Crippen LogP contribution in [0.15, 0.2) is 166 Å². The number of aromatic nitrogens is 7. The zero-order valence-corrected chi connectivity index (χ0v) is 83.4. The molecule has 0 aromatic carbocycles. The number of hydrogen-bond acceptors (Lipinski definition) is 22. The Labute approximate surface area is 829 Å². The molecule has 2 aliphatic rings. The maximum atomic E-state index is 11.4. The number of ether oxygens (including phenoxy) is 2. The quantitative estimate of drug-likeness (QED) is 0.00860. The van der Waals surface area contributed by atoms with Gasteiger partial charge in [-0.05, 0) is 274 Å². The van der Waals surface area contributed by atoms with E-state index in [1.807, 2.05) is 20.8 Å². The topological polar surface area (TPSA) is 408 Å². The van der Waals surface area contributed by atoms with Gasteiger partial charge in [0, 0.05) is 168 Å². The van der Waals surface area contributed by atoms with Gasteiger partial charge in [0.1, 0.15) is 40.3 Å². The molecule has 9 heterocycles. The van der Waals surface area contributed by atoms with E-state index in [1.54, 1.807) is 30.5 Å². The van der Waals surface area contributed by atoms with Crippen LogP contribution in [-0.2, 0) is 73.1 Å². The van der Waals surface area contributed by atoms with Gasteiger partial charge in [-0.25, -0.2) is 82.1 Å². The number of alkyl halides is 4. The van der Waals surface area contributed by atoms with Crippen molar-refractivity contribution in [3.05, 3.63) is 198 Å². The van der Waals surface area contributed by atoms with Crippen LogP contribution in [0.3, 0.4) is 0 Å². The molecule has 2 fully saturated rings. The minimum atomic E-state index is -3.53. The summed E-state index contributed by atoms with van der Waals surface area (Å²) in [5, 5.41) is 21.4. The summed E-state index contributed by atoms with van der Waals surface area (Å²) in [5.41, 5.74) is 7.78. The summed E-state index contributed by atoms with van der Waals surface area (Å²) in [4.78, 5) is 47.9. The van der Waals surface area contributed by atoms with Crippen LogP contribution in [0.5, 0.6) is 0 Å². The van der Waals surface area contributed by atoms with Crippen LogP contribution >= 0.6 is 151 Å². The zero-order valence-electron chi connectivity index (χ0n) is 83.4. The Morgan fingerprint density at radius 3 is 1.23 bits per heavy atom. The average Bonchev–Trinajstić information content (AvgIpc) is 0.992. The van der Waals surface area contributed by atoms with Gasteiger partial charge >= 0.3 is 23.1 Å². The van der Waals surface area contributed by atoms with Crippen LogP contribution in [0, 0.1) is 7.35 Å². The molecule has 7 aromatic rings. The van der Waals surface area contributed by atoms with E-state index in [2.05, 4.69) is 128 Å². The number of aliphatic hydroxyl groups excluding tert-OH is 2. The molecule has 0 amide bonds. The number of rotatable bonds is 14. The SMILES string of the molecule is C.C1CCOC1.C1CCOC1.CC(C)(C)[S@](N)=O.CO.Cl.Cl.ClCCl.ClCCl.O=Cc1ccnc(Br)c1.[2H]C([2H])([2H])C(=N[S@@](C)=O)c1ccnc(Br)c1.[2H]C([2H])([2H])C(=O)c1ccnc(Br)c1.[2H]C([2H])([2H])C(O)c1ccnc(Br)c1.[2H]C([2H])([2H])[C@H](N)c1ccnc(S(C)(=O)=O)c1.[2H]C([2H])([2H])[C@H](N[S@@](C)=O)c1ccnc(Br)c1.[2H]C([2H])([2H])[C@H](N[S@@](C)=O)c1ccnc(S(C)(=O)=O)c1.[2H][C-]([2H])[2H].[I-].[Mg+2]. The fourth-order valence-electron chi connectivity index (χ4n) is 6.07. The summed E-state index contributed by atoms with van der Waals surface area (Å²) in [5.74, 6) is -0.865. The maximum absolute atomic E-state index is 11.4. The number of aliphatic hydroxyl groups is 2. The molecule has 45 heteroatoms. The third kappa shape index (κ3) is 76.3. The zero-order chi connectivity index (χ0) is 103. The normalized spacial score (nSPS) is 16.5. The van der Waals surface area contributed by atoms with E-state index in [9.17, 15) is 48.4 Å². The van der Waals surface area contributed by atoms with E-state index >= 15 is 0 Å². The van der Waals surface area contributed by atoms with Crippen LogP contribution < -0.4 is 44.3 Å². The Bertz CT molecular complexity index is 4830. The second-order valence-corrected chi connectivity index (χ2v) is 35.6. The number of aldehydes is 1. The minimum absolute atomic E-state index is 0. The number of carbonyl (C=O) groups is 2. The van der Waals surface area contributed by atoms with Gasteiger partial charge in [-0.3, -0.25) is 14.7 Å². The van der Waals surface area contributed by atoms with Crippen molar-refractivity contribution >= 4 is 255 Å². The first-order valence-electron chi connectivity index (χ1n) is 40.6. The van der Waals surface area contributed by atoms with Crippen molar-refractivity contribution in [1.82, 2.24) is 44.3 Å². The molecule has 8 N–H and O–H groups in total. The van der Waals surface area contributed by atoms with Crippen molar-refractivity contribution in [2.24, 2.45) is 15.3 Å². The molecule has 2 aliphatic heterocycles. The number of nitrogens with zero attached hydrogens (tertiary/aromatic N) is 8. The smallest absolute Gasteiger partial charge is 1.00 e. The van der Waals surface area contributed by atoms with Crippen molar-refractivity contribution in [1.29, 1.82) is 0 Å². The summed E-state index contributed by atoms with van der Waals surface area (Å²) >= 11 is 34.6. The fraction of sp³-hybridized carbons (Fsp3) is 0.443. The maximum Gasteiger partial charge on any atom is 2.00 e. The van der Waals surface area contributed by atoms with Crippen molar-refractivity contribution in [2.75, 3.05) is 75.5 Å². The van der Waals surface area contributed by atoms with E-state index < -0.39 is 142 Å². The Morgan fingerprint density at radius 2 is 0.939 bits per heavy atom. The van der Waals surface area contributed by atoms with Crippen molar-refractivity contribution in [2.45, 2.75) is 134 Å². The van der Waals surface area contributed by atoms with Gasteiger partial charge < -0.3 is 56.8 Å². The number of sulfone groups is 2. The number of hydrogen-bond donors (Lipinski definition) is 6. The first-order chi connectivity index (χ1) is 59.9. The minimum Gasteiger partial charge on any atom is -1.00 e. The van der Waals surface area contributed by atoms with E-state index in [0.29, 0.717) is 45.3 Å². The predicted octanol–water partition coefficient (Wildman–Crippen LogP) is 13.3. The standard InChI is InChI=1S/C9H14N2O3S2.C8H11BrN2OS.C8H9BrN2OS.C8H12N2O2S.C7H8BrNO.C7H6BrNO.C6H4BrNO.C4H11NOS.2C4H8O.2CH2Cl2.CH4O.CH4.CH3.2ClH.HI.Mg/c1-7(11-15(2)12)8-4-5-10-9(6-8)16(3,13)14;2*1-6(11-13(2)12)7-3-4-10-8(9)5-7;1-6(9)7-3-4-10-8(5-7)13(2,11)12;2*1-5(10)6-2-3-9-7(8)4-6;7-6-3-5(4-9)1-2-8-6;1-4(2,3)7(5)6;2*1-2-4-5-3-1;2*2-1-3;1-2;;;;;;/h4-7,11H,1-3H3;3-6,11H,1-2H3;3-5H,1-2H3;3-6H,9H2,1-2H3;2-5,10H,1H3;2-4H,1H3;1-4H;5H2,1-3H3;2*1-4H2;2*1H2;2H,1H3;1H4;1H3;3*1H;/q;;;;;;;;;;;;;;-1;;;;+2/p-1/t7-,15+;6-,13+;13-;6-;;;;7-;;;;;;;;;;;/m0010...1.........../s1/i6*1D3;;;;;;;;;1D3;;;;. The molecule has 654 valence electrons. The number of Topliss-reactive ketones (excluding diaryl/α,β-unsaturated/α-hetero) is 1. The van der Waals surface area contributed by atoms with E-state index in [1.165, 1.54) is 142 Å². The van der Waals surface area contributed by atoms with Gasteiger partial charge in [0.15, 0.2) is 35.5 Å². The third-order valence-electron chi connectivity index (χ3n) is 11.0. The Hall–Kier alpha value is -1.12. The second kappa shape index (κ2) is 80.0. The van der Waals surface area contributed by atoms with Gasteiger partial charge in [-0.1, -0.05) is 7.43 Å². The van der Waals surface area contributed by atoms with Gasteiger partial charge in [-0.2, -0.15) is 4.40 Å². The molecule has 0 bridgehead atoms. The number of nitrogens with two attached hydrogens (primary N) is 2. The molecule has 26 nitrogen and oxygen atoms in total. The summed E-state index contributed by atoms with van der Waals surface area (Å²) in [6.45, 7) is -4.94. The predicted molar refractivity (Wildman–Crippen MR) is 497 cm³/mol. The van der Waals surface area contributed by atoms with Crippen molar-refractivity contribution in [3.63, 3.8) is 0 Å². The molecular formula is C70H108Br5Cl6IMgN12O14S6. The molecule has 8 atom stereocenters. The Morgan fingerprint density at radius 1 is 0.609 bits per heavy atom. The molecule has 1 unspecified atom stereocenters. The second-order valence-electron chi connectivity index (χ2n) is 20.8. The van der Waals surface area contributed by atoms with E-state index in [4.69, 9.17) is 101 Å². The Kier molecular flexibility index (Phi) is 64.7. The van der Waals surface area contributed by atoms with Crippen molar-refractivity contribution < 1.29 is 116 Å². The van der Waals surface area contributed by atoms with E-state index in [-0.39, 0.29) is 127 Å². The number of nitrogens with one attached hydrogen (secondary N) is 2. The largest absolute Gasteiger partial charge is 2.00 e. The first kappa shape index (κ1) is 93.0. The summed E-state index contributed by atoms with van der Waals surface area (Å²) in [7, 11) is -12.5. The van der Waals surface area contributed by atoms with Crippen LogP contribution in [0.2, 0.25) is 0 Å². The van der Waals surface area contributed by atoms with E-state index in [0.717, 1.165) is 52.3 Å². The summed E-state index contributed by atoms with van der Waals surface area (Å²) < 4.78 is 257. The van der Waals surface area contributed by atoms with Gasteiger partial charge in [0.25, 0.3) is 0 Å². The molecule has 2 saturated heterocycles. The number of carbonyl (C=O) groups excluding carboxylic acids is 2. The molecule has 9 rings (SSSR count). The molecule has 7 aromatic heterocycles. The van der Waals surface area contributed by atoms with Gasteiger partial charge in [-0.15, -0.1) is 71.2 Å². The summed E-state index contributed by atoms with van der Waals surface area (Å²) in [6, 6.07) is 17.0. The molecule has 0 radical (unpaired) electrons. The number of halogens is 12. The third-order valence-corrected chi connectivity index (χ3v) is 18.0. The van der Waals surface area contributed by atoms with Gasteiger partial charge in [0.2, 0.25) is 0 Å². The van der Waals surface area contributed by atoms with Crippen LogP contribution in [0.25, 0.3) is 0 Å². The van der Waals surface area contributed by atoms with Crippen molar-refractivity contribution in [3.8, 4) is 0 Å².